The third kappa shape index (κ3) is 6.10. The second kappa shape index (κ2) is 12.8. The van der Waals surface area contributed by atoms with Gasteiger partial charge in [-0.25, -0.2) is 8.78 Å². The number of rotatable bonds is 10. The van der Waals surface area contributed by atoms with Crippen LogP contribution in [-0.4, -0.2) is 52.4 Å². The molecule has 2 heterocycles. The zero-order chi connectivity index (χ0) is 31.6. The first-order chi connectivity index (χ1) is 21.0. The molecular formula is C33H34F2N3O5P. The highest BCUT2D eigenvalue weighted by Gasteiger charge is 2.40. The number of carbonyl (C=O) groups excluding carboxylic acids is 3. The van der Waals surface area contributed by atoms with Gasteiger partial charge in [0.25, 0.3) is 7.37 Å². The molecule has 0 bridgehead atoms. The van der Waals surface area contributed by atoms with Gasteiger partial charge in [0.05, 0.1) is 18.7 Å². The summed E-state index contributed by atoms with van der Waals surface area (Å²) in [5.74, 6) is -1.77. The number of amides is 2. The van der Waals surface area contributed by atoms with Gasteiger partial charge in [0.2, 0.25) is 11.8 Å². The van der Waals surface area contributed by atoms with Gasteiger partial charge < -0.3 is 19.3 Å². The second-order valence-corrected chi connectivity index (χ2v) is 13.3. The van der Waals surface area contributed by atoms with E-state index >= 15 is 0 Å². The molecule has 0 radical (unpaired) electrons. The maximum atomic E-state index is 14.6. The summed E-state index contributed by atoms with van der Waals surface area (Å²) in [6, 6.07) is 17.6. The van der Waals surface area contributed by atoms with Crippen LogP contribution in [0, 0.1) is 12.7 Å². The average Bonchev–Trinajstić information content (AvgIpc) is 3.58. The van der Waals surface area contributed by atoms with Crippen LogP contribution in [0.3, 0.4) is 0 Å². The molecule has 0 saturated carbocycles. The molecule has 0 spiro atoms. The van der Waals surface area contributed by atoms with Gasteiger partial charge in [-0.05, 0) is 50.6 Å². The van der Waals surface area contributed by atoms with E-state index in [-0.39, 0.29) is 44.0 Å². The summed E-state index contributed by atoms with van der Waals surface area (Å²) in [6.07, 6.45) is -0.0479. The molecule has 1 aliphatic heterocycles. The van der Waals surface area contributed by atoms with Gasteiger partial charge in [-0.2, -0.15) is 0 Å². The van der Waals surface area contributed by atoms with Crippen molar-refractivity contribution in [1.82, 2.24) is 14.8 Å². The fraction of sp³-hybridized carbons (Fsp3) is 0.303. The number of halogens is 2. The van der Waals surface area contributed by atoms with Gasteiger partial charge in [0, 0.05) is 46.3 Å². The average molecular weight is 622 g/mol. The number of nitrogens with one attached hydrogen (secondary N) is 1. The number of ketones is 1. The number of aryl methyl sites for hydroxylation is 1. The van der Waals surface area contributed by atoms with E-state index < -0.39 is 37.2 Å². The predicted molar refractivity (Wildman–Crippen MR) is 165 cm³/mol. The second-order valence-electron chi connectivity index (χ2n) is 10.9. The predicted octanol–water partition coefficient (Wildman–Crippen LogP) is 4.81. The van der Waals surface area contributed by atoms with E-state index in [0.29, 0.717) is 32.6 Å². The van der Waals surface area contributed by atoms with E-state index in [9.17, 15) is 27.7 Å². The van der Waals surface area contributed by atoms with Crippen molar-refractivity contribution in [2.24, 2.45) is 0 Å². The van der Waals surface area contributed by atoms with Crippen molar-refractivity contribution in [2.75, 3.05) is 13.2 Å². The third-order valence-electron chi connectivity index (χ3n) is 7.90. The van der Waals surface area contributed by atoms with Gasteiger partial charge >= 0.3 is 0 Å². The van der Waals surface area contributed by atoms with Gasteiger partial charge in [0.1, 0.15) is 24.6 Å². The fourth-order valence-corrected chi connectivity index (χ4v) is 7.76. The van der Waals surface area contributed by atoms with Crippen LogP contribution in [-0.2, 0) is 31.8 Å². The van der Waals surface area contributed by atoms with E-state index in [2.05, 4.69) is 5.32 Å². The van der Waals surface area contributed by atoms with Crippen LogP contribution < -0.4 is 15.9 Å². The number of carbonyl (C=O) groups is 3. The summed E-state index contributed by atoms with van der Waals surface area (Å²) in [7, 11) is -3.51. The summed E-state index contributed by atoms with van der Waals surface area (Å²) in [5.41, 5.74) is 1.57. The monoisotopic (exact) mass is 621 g/mol. The molecule has 3 atom stereocenters. The summed E-state index contributed by atoms with van der Waals surface area (Å²) < 4.78 is 50.7. The molecule has 44 heavy (non-hydrogen) atoms. The molecule has 4 aromatic rings. The first kappa shape index (κ1) is 31.3. The zero-order valence-electron chi connectivity index (χ0n) is 24.8. The molecule has 3 aromatic carbocycles. The lowest BCUT2D eigenvalue weighted by Gasteiger charge is -2.24. The Morgan fingerprint density at radius 1 is 1.05 bits per heavy atom. The lowest BCUT2D eigenvalue weighted by Crippen LogP contribution is -2.46. The summed E-state index contributed by atoms with van der Waals surface area (Å²) in [6.45, 7) is 4.32. The number of alkyl halides is 1. The molecule has 11 heteroatoms. The molecule has 1 aliphatic rings. The van der Waals surface area contributed by atoms with Crippen LogP contribution in [0.5, 0.6) is 0 Å². The molecule has 1 N–H and O–H groups in total. The van der Waals surface area contributed by atoms with E-state index in [4.69, 9.17) is 4.52 Å². The smallest absolute Gasteiger partial charge is 0.261 e. The van der Waals surface area contributed by atoms with Gasteiger partial charge in [0.15, 0.2) is 5.78 Å². The lowest BCUT2D eigenvalue weighted by molar-refractivity contribution is -0.139. The number of Topliss-reactive ketones (excluding diaryl/α,β-unsaturated/α-hetero) is 1. The van der Waals surface area contributed by atoms with Crippen LogP contribution in [0.25, 0.3) is 10.9 Å². The molecular weight excluding hydrogens is 587 g/mol. The van der Waals surface area contributed by atoms with Crippen LogP contribution >= 0.6 is 7.37 Å². The minimum absolute atomic E-state index is 0.101. The third-order valence-corrected chi connectivity index (χ3v) is 10.5. The highest BCUT2D eigenvalue weighted by Crippen LogP contribution is 2.45. The highest BCUT2D eigenvalue weighted by atomic mass is 31.2. The van der Waals surface area contributed by atoms with E-state index in [1.807, 2.05) is 6.07 Å². The minimum Gasteiger partial charge on any atom is -0.350 e. The molecule has 2 amide bonds. The van der Waals surface area contributed by atoms with Crippen molar-refractivity contribution in [3.63, 3.8) is 0 Å². The molecule has 1 saturated heterocycles. The highest BCUT2D eigenvalue weighted by molar-refractivity contribution is 7.74. The lowest BCUT2D eigenvalue weighted by atomic mass is 10.1. The van der Waals surface area contributed by atoms with Crippen LogP contribution in [0.1, 0.15) is 41.8 Å². The zero-order valence-corrected chi connectivity index (χ0v) is 25.7. The van der Waals surface area contributed by atoms with Crippen LogP contribution in [0.2, 0.25) is 0 Å². The standard InChI is InChI=1S/C33H34F2N3O5P/c1-4-43-44(42,25-11-6-5-7-12-25)26-13-14-27-28(22(3)39)19-37(29(27)16-26)20-31(40)38-18-24(34)15-30(38)33(41)36-17-23-10-8-9-21(2)32(23)35/h5-14,16,19,24,30H,4,15,17-18,20H2,1-3H3,(H,36,41)/t24-,30+,44?/m1/s1. The van der Waals surface area contributed by atoms with Gasteiger partial charge in [-0.15, -0.1) is 0 Å². The quantitative estimate of drug-likeness (QED) is 0.203. The Labute approximate surface area is 254 Å². The summed E-state index contributed by atoms with van der Waals surface area (Å²) in [4.78, 5) is 40.4. The fourth-order valence-electron chi connectivity index (χ4n) is 5.67. The van der Waals surface area contributed by atoms with E-state index in [0.717, 1.165) is 0 Å². The molecule has 1 unspecified atom stereocenters. The van der Waals surface area contributed by atoms with E-state index in [1.54, 1.807) is 85.3 Å². The molecule has 5 rings (SSSR count). The number of benzene rings is 3. The number of nitrogens with zero attached hydrogens (tertiary/aromatic N) is 2. The van der Waals surface area contributed by atoms with Crippen molar-refractivity contribution in [3.05, 3.63) is 95.4 Å². The van der Waals surface area contributed by atoms with Crippen molar-refractivity contribution in [2.45, 2.75) is 52.5 Å². The van der Waals surface area contributed by atoms with Crippen LogP contribution in [0.4, 0.5) is 8.78 Å². The Balaban J connectivity index is 1.44. The summed E-state index contributed by atoms with van der Waals surface area (Å²) >= 11 is 0. The Morgan fingerprint density at radius 3 is 2.50 bits per heavy atom. The first-order valence-corrected chi connectivity index (χ1v) is 16.1. The Bertz CT molecular complexity index is 1770. The SMILES string of the molecule is CCOP(=O)(c1ccccc1)c1ccc2c(C(C)=O)cn(CC(=O)N3C[C@H](F)C[C@H]3C(=O)NCc3cccc(C)c3F)c2c1. The normalized spacial score (nSPS) is 17.9. The molecule has 230 valence electrons. The Morgan fingerprint density at radius 2 is 1.80 bits per heavy atom. The number of aromatic nitrogens is 1. The Kier molecular flexibility index (Phi) is 9.13. The number of fused-ring (bicyclic) bond motifs is 1. The van der Waals surface area contributed by atoms with Gasteiger partial charge in [-0.3, -0.25) is 18.9 Å². The molecule has 8 nitrogen and oxygen atoms in total. The van der Waals surface area contributed by atoms with Crippen molar-refractivity contribution >= 4 is 46.5 Å². The van der Waals surface area contributed by atoms with Crippen molar-refractivity contribution in [1.29, 1.82) is 0 Å². The van der Waals surface area contributed by atoms with Crippen molar-refractivity contribution in [3.8, 4) is 0 Å². The van der Waals surface area contributed by atoms with Gasteiger partial charge in [-0.1, -0.05) is 42.5 Å². The van der Waals surface area contributed by atoms with Crippen LogP contribution in [0.15, 0.2) is 72.9 Å². The maximum absolute atomic E-state index is 14.6. The molecule has 1 aromatic heterocycles. The molecule has 1 fully saturated rings. The minimum atomic E-state index is -3.51. The number of hydrogen-bond acceptors (Lipinski definition) is 5. The van der Waals surface area contributed by atoms with E-state index in [1.165, 1.54) is 11.8 Å². The largest absolute Gasteiger partial charge is 0.350 e. The Hall–Kier alpha value is -4.14. The number of hydrogen-bond donors (Lipinski definition) is 1. The number of likely N-dealkylation sites (tertiary alicyclic amines) is 1. The topological polar surface area (TPSA) is 97.7 Å². The first-order valence-electron chi connectivity index (χ1n) is 14.4. The summed E-state index contributed by atoms with van der Waals surface area (Å²) in [5, 5.41) is 4.10. The van der Waals surface area contributed by atoms with Crippen molar-refractivity contribution < 1.29 is 32.3 Å². The molecule has 0 aliphatic carbocycles. The maximum Gasteiger partial charge on any atom is 0.261 e.